The molecule has 0 aliphatic carbocycles. The van der Waals surface area contributed by atoms with E-state index in [0.717, 1.165) is 37.9 Å². The van der Waals surface area contributed by atoms with Gasteiger partial charge >= 0.3 is 5.97 Å². The van der Waals surface area contributed by atoms with Crippen LogP contribution in [0.2, 0.25) is 0 Å². The van der Waals surface area contributed by atoms with Crippen molar-refractivity contribution in [3.05, 3.63) is 108 Å². The Morgan fingerprint density at radius 1 is 0.727 bits per heavy atom. The predicted octanol–water partition coefficient (Wildman–Crippen LogP) is 5.66. The number of amides is 1. The Bertz CT molecular complexity index is 1450. The van der Waals surface area contributed by atoms with Crippen molar-refractivity contribution in [1.82, 2.24) is 5.32 Å². The zero-order chi connectivity index (χ0) is 22.8. The van der Waals surface area contributed by atoms with Crippen LogP contribution >= 0.6 is 0 Å². The van der Waals surface area contributed by atoms with Gasteiger partial charge in [0.15, 0.2) is 0 Å². The van der Waals surface area contributed by atoms with Crippen molar-refractivity contribution in [2.75, 3.05) is 7.11 Å². The summed E-state index contributed by atoms with van der Waals surface area (Å²) in [5, 5.41) is 8.82. The zero-order valence-electron chi connectivity index (χ0n) is 18.2. The highest BCUT2D eigenvalue weighted by Crippen LogP contribution is 2.28. The minimum absolute atomic E-state index is 0.292. The van der Waals surface area contributed by atoms with E-state index in [-0.39, 0.29) is 5.91 Å². The maximum atomic E-state index is 13.6. The van der Waals surface area contributed by atoms with E-state index in [1.807, 2.05) is 91.0 Å². The molecule has 0 bridgehead atoms. The van der Waals surface area contributed by atoms with E-state index < -0.39 is 12.0 Å². The van der Waals surface area contributed by atoms with Crippen LogP contribution in [0.4, 0.5) is 0 Å². The molecule has 1 atom stereocenters. The number of methoxy groups -OCH3 is 1. The minimum Gasteiger partial charge on any atom is -0.467 e. The molecular weight excluding hydrogens is 410 g/mol. The lowest BCUT2D eigenvalue weighted by molar-refractivity contribution is -0.142. The summed E-state index contributed by atoms with van der Waals surface area (Å²) in [5.41, 5.74) is 1.52. The monoisotopic (exact) mass is 433 g/mol. The fraction of sp³-hybridized carbons (Fsp3) is 0.103. The van der Waals surface area contributed by atoms with Crippen LogP contribution in [0.15, 0.2) is 97.1 Å². The molecule has 0 radical (unpaired) electrons. The maximum absolute atomic E-state index is 13.6. The largest absolute Gasteiger partial charge is 0.467 e. The number of carbonyl (C=O) groups is 2. The molecule has 33 heavy (non-hydrogen) atoms. The first-order valence-electron chi connectivity index (χ1n) is 10.9. The van der Waals surface area contributed by atoms with E-state index in [9.17, 15) is 9.59 Å². The first kappa shape index (κ1) is 20.7. The van der Waals surface area contributed by atoms with E-state index in [1.54, 1.807) is 0 Å². The van der Waals surface area contributed by atoms with Gasteiger partial charge in [-0.05, 0) is 43.9 Å². The van der Waals surface area contributed by atoms with Gasteiger partial charge in [0.1, 0.15) is 6.04 Å². The van der Waals surface area contributed by atoms with Crippen LogP contribution in [0.1, 0.15) is 15.9 Å². The fourth-order valence-corrected chi connectivity index (χ4v) is 4.43. The first-order chi connectivity index (χ1) is 16.1. The number of fused-ring (bicyclic) bond motifs is 3. The summed E-state index contributed by atoms with van der Waals surface area (Å²) in [7, 11) is 1.34. The Morgan fingerprint density at radius 3 is 1.94 bits per heavy atom. The van der Waals surface area contributed by atoms with Crippen molar-refractivity contribution in [2.45, 2.75) is 12.5 Å². The van der Waals surface area contributed by atoms with E-state index in [2.05, 4.69) is 11.4 Å². The van der Waals surface area contributed by atoms with Crippen LogP contribution < -0.4 is 5.32 Å². The maximum Gasteiger partial charge on any atom is 0.328 e. The molecule has 0 fully saturated rings. The molecule has 5 aromatic rings. The summed E-state index contributed by atoms with van der Waals surface area (Å²) in [5.74, 6) is -0.764. The lowest BCUT2D eigenvalue weighted by Crippen LogP contribution is -2.43. The molecule has 5 aromatic carbocycles. The van der Waals surface area contributed by atoms with E-state index in [0.29, 0.717) is 12.0 Å². The van der Waals surface area contributed by atoms with Gasteiger partial charge in [-0.25, -0.2) is 4.79 Å². The highest BCUT2D eigenvalue weighted by Gasteiger charge is 2.24. The number of benzene rings is 5. The fourth-order valence-electron chi connectivity index (χ4n) is 4.43. The summed E-state index contributed by atoms with van der Waals surface area (Å²) in [4.78, 5) is 26.2. The lowest BCUT2D eigenvalue weighted by atomic mass is 9.95. The quantitative estimate of drug-likeness (QED) is 0.287. The van der Waals surface area contributed by atoms with Crippen LogP contribution in [0, 0.1) is 0 Å². The standard InChI is InChI=1S/C29H23NO3/c1-33-29(32)26(17-19-14-15-20-8-2-3-9-21(20)16-19)30-28(31)27-24-12-6-4-10-22(24)18-23-11-5-7-13-25(23)27/h2-16,18,26H,17H2,1H3,(H,30,31)/t26-/m0/s1. The first-order valence-corrected chi connectivity index (χ1v) is 10.9. The predicted molar refractivity (Wildman–Crippen MR) is 132 cm³/mol. The van der Waals surface area contributed by atoms with Gasteiger partial charge in [-0.3, -0.25) is 4.79 Å². The van der Waals surface area contributed by atoms with Gasteiger partial charge in [-0.2, -0.15) is 0 Å². The van der Waals surface area contributed by atoms with Crippen molar-refractivity contribution >= 4 is 44.2 Å². The number of ether oxygens (including phenoxy) is 1. The van der Waals surface area contributed by atoms with Crippen LogP contribution in [-0.2, 0) is 16.0 Å². The van der Waals surface area contributed by atoms with Crippen LogP contribution in [0.25, 0.3) is 32.3 Å². The SMILES string of the molecule is COC(=O)[C@H](Cc1ccc2ccccc2c1)NC(=O)c1c2ccccc2cc2ccccc12. The molecule has 0 heterocycles. The van der Waals surface area contributed by atoms with Crippen molar-refractivity contribution in [2.24, 2.45) is 0 Å². The molecule has 4 heteroatoms. The molecule has 0 aromatic heterocycles. The van der Waals surface area contributed by atoms with E-state index >= 15 is 0 Å². The minimum atomic E-state index is -0.804. The molecule has 162 valence electrons. The smallest absolute Gasteiger partial charge is 0.328 e. The Labute approximate surface area is 191 Å². The van der Waals surface area contributed by atoms with Crippen LogP contribution in [0.3, 0.4) is 0 Å². The normalized spacial score (nSPS) is 12.0. The molecule has 4 nitrogen and oxygen atoms in total. The average molecular weight is 434 g/mol. The summed E-state index contributed by atoms with van der Waals surface area (Å²) >= 11 is 0. The van der Waals surface area contributed by atoms with Crippen LogP contribution in [-0.4, -0.2) is 25.0 Å². The second-order valence-corrected chi connectivity index (χ2v) is 8.13. The van der Waals surface area contributed by atoms with E-state index in [4.69, 9.17) is 4.74 Å². The van der Waals surface area contributed by atoms with Gasteiger partial charge in [0.2, 0.25) is 0 Å². The van der Waals surface area contributed by atoms with Crippen molar-refractivity contribution in [3.8, 4) is 0 Å². The van der Waals surface area contributed by atoms with Gasteiger partial charge in [0.25, 0.3) is 5.91 Å². The van der Waals surface area contributed by atoms with Crippen molar-refractivity contribution < 1.29 is 14.3 Å². The Morgan fingerprint density at radius 2 is 1.30 bits per heavy atom. The van der Waals surface area contributed by atoms with Gasteiger partial charge in [0.05, 0.1) is 12.7 Å². The number of carbonyl (C=O) groups excluding carboxylic acids is 2. The third kappa shape index (κ3) is 4.03. The molecule has 1 amide bonds. The summed E-state index contributed by atoms with van der Waals surface area (Å²) in [6.07, 6.45) is 0.339. The molecule has 1 N–H and O–H groups in total. The van der Waals surface area contributed by atoms with Gasteiger partial charge in [0, 0.05) is 6.42 Å². The Balaban J connectivity index is 1.52. The van der Waals surface area contributed by atoms with Gasteiger partial charge in [-0.15, -0.1) is 0 Å². The molecule has 5 rings (SSSR count). The van der Waals surface area contributed by atoms with Crippen LogP contribution in [0.5, 0.6) is 0 Å². The number of hydrogen-bond acceptors (Lipinski definition) is 3. The molecule has 0 saturated carbocycles. The second-order valence-electron chi connectivity index (χ2n) is 8.13. The number of esters is 1. The molecule has 0 unspecified atom stereocenters. The summed E-state index contributed by atoms with van der Waals surface area (Å²) in [6.45, 7) is 0. The lowest BCUT2D eigenvalue weighted by Gasteiger charge is -2.19. The summed E-state index contributed by atoms with van der Waals surface area (Å²) in [6, 6.07) is 31.0. The second kappa shape index (κ2) is 8.75. The van der Waals surface area contributed by atoms with E-state index in [1.165, 1.54) is 7.11 Å². The van der Waals surface area contributed by atoms with Crippen molar-refractivity contribution in [1.29, 1.82) is 0 Å². The van der Waals surface area contributed by atoms with Crippen molar-refractivity contribution in [3.63, 3.8) is 0 Å². The zero-order valence-corrected chi connectivity index (χ0v) is 18.2. The molecular formula is C29H23NO3. The number of rotatable bonds is 5. The number of nitrogens with one attached hydrogen (secondary N) is 1. The van der Waals surface area contributed by atoms with Gasteiger partial charge in [-0.1, -0.05) is 91.0 Å². The molecule has 0 spiro atoms. The molecule has 0 aliphatic rings. The average Bonchev–Trinajstić information content (AvgIpc) is 2.86. The summed E-state index contributed by atoms with van der Waals surface area (Å²) < 4.78 is 5.03. The highest BCUT2D eigenvalue weighted by molar-refractivity contribution is 6.18. The third-order valence-corrected chi connectivity index (χ3v) is 6.04. The molecule has 0 saturated heterocycles. The topological polar surface area (TPSA) is 55.4 Å². The Hall–Kier alpha value is -4.18. The highest BCUT2D eigenvalue weighted by atomic mass is 16.5. The Kier molecular flexibility index (Phi) is 5.49. The van der Waals surface area contributed by atoms with Gasteiger partial charge < -0.3 is 10.1 Å². The number of hydrogen-bond donors (Lipinski definition) is 1. The molecule has 0 aliphatic heterocycles. The third-order valence-electron chi connectivity index (χ3n) is 6.04.